The van der Waals surface area contributed by atoms with Crippen LogP contribution in [0.15, 0.2) is 18.2 Å². The summed E-state index contributed by atoms with van der Waals surface area (Å²) < 4.78 is 26.4. The molecular weight excluding hydrogens is 266 g/mol. The second-order valence-electron chi connectivity index (χ2n) is 5.03. The first-order valence-electron chi connectivity index (χ1n) is 6.43. The van der Waals surface area contributed by atoms with Gasteiger partial charge in [0.25, 0.3) is 6.43 Å². The van der Waals surface area contributed by atoms with Crippen molar-refractivity contribution in [2.75, 3.05) is 11.4 Å². The Morgan fingerprint density at radius 1 is 1.25 bits per heavy atom. The van der Waals surface area contributed by atoms with Crippen LogP contribution < -0.4 is 10.2 Å². The molecule has 0 aromatic heterocycles. The molecule has 0 aliphatic carbocycles. The highest BCUT2D eigenvalue weighted by Crippen LogP contribution is 2.33. The molecule has 2 rings (SSSR count). The average Bonchev–Trinajstić information content (AvgIpc) is 2.38. The van der Waals surface area contributed by atoms with Crippen LogP contribution in [0, 0.1) is 0 Å². The summed E-state index contributed by atoms with van der Waals surface area (Å²) in [5.41, 5.74) is 0.771. The minimum atomic E-state index is -2.67. The molecule has 6 heteroatoms. The molecule has 1 N–H and O–H groups in total. The second-order valence-corrected chi connectivity index (χ2v) is 5.03. The second kappa shape index (κ2) is 5.56. The van der Waals surface area contributed by atoms with Crippen molar-refractivity contribution >= 4 is 17.6 Å². The number of hydrogen-bond acceptors (Lipinski definition) is 2. The van der Waals surface area contributed by atoms with Gasteiger partial charge >= 0.3 is 6.03 Å². The van der Waals surface area contributed by atoms with Gasteiger partial charge in [0.15, 0.2) is 0 Å². The Labute approximate surface area is 115 Å². The lowest BCUT2D eigenvalue weighted by Gasteiger charge is -2.28. The molecule has 1 aliphatic heterocycles. The van der Waals surface area contributed by atoms with E-state index < -0.39 is 12.5 Å². The number of rotatable bonds is 3. The zero-order chi connectivity index (χ0) is 14.9. The highest BCUT2D eigenvalue weighted by Gasteiger charge is 2.28. The molecule has 1 saturated heterocycles. The van der Waals surface area contributed by atoms with Crippen LogP contribution in [0.2, 0.25) is 0 Å². The van der Waals surface area contributed by atoms with Gasteiger partial charge in [-0.3, -0.25) is 15.0 Å². The maximum Gasteiger partial charge on any atom is 0.328 e. The quantitative estimate of drug-likeness (QED) is 0.925. The molecule has 0 atom stereocenters. The molecule has 108 valence electrons. The topological polar surface area (TPSA) is 49.4 Å². The molecule has 1 aliphatic rings. The van der Waals surface area contributed by atoms with Gasteiger partial charge in [0.2, 0.25) is 5.91 Å². The van der Waals surface area contributed by atoms with Crippen molar-refractivity contribution in [2.24, 2.45) is 0 Å². The number of benzene rings is 1. The van der Waals surface area contributed by atoms with Crippen molar-refractivity contribution in [3.8, 4) is 0 Å². The fourth-order valence-electron chi connectivity index (χ4n) is 2.15. The van der Waals surface area contributed by atoms with E-state index in [4.69, 9.17) is 0 Å². The number of nitrogens with one attached hydrogen (secondary N) is 1. The molecule has 1 aromatic rings. The van der Waals surface area contributed by atoms with Gasteiger partial charge in [-0.25, -0.2) is 13.6 Å². The zero-order valence-electron chi connectivity index (χ0n) is 11.3. The molecule has 1 aromatic carbocycles. The molecule has 0 saturated carbocycles. The van der Waals surface area contributed by atoms with E-state index >= 15 is 0 Å². The maximum atomic E-state index is 13.2. The van der Waals surface area contributed by atoms with Gasteiger partial charge in [-0.1, -0.05) is 19.9 Å². The standard InChI is InChI=1S/C14H16F2N2O2/c1-8(2)9-3-4-11(10(7-9)13(15)16)18-6-5-12(19)17-14(18)20/h3-4,7-8,13H,5-6H2,1-2H3,(H,17,19,20). The summed E-state index contributed by atoms with van der Waals surface area (Å²) in [5.74, 6) is -0.262. The first-order valence-corrected chi connectivity index (χ1v) is 6.43. The molecule has 20 heavy (non-hydrogen) atoms. The van der Waals surface area contributed by atoms with Crippen LogP contribution in [0.25, 0.3) is 0 Å². The van der Waals surface area contributed by atoms with E-state index in [1.54, 1.807) is 6.07 Å². The summed E-state index contributed by atoms with van der Waals surface area (Å²) in [6.07, 6.45) is -2.56. The summed E-state index contributed by atoms with van der Waals surface area (Å²) in [4.78, 5) is 24.0. The highest BCUT2D eigenvalue weighted by molar-refractivity contribution is 6.05. The van der Waals surface area contributed by atoms with Crippen molar-refractivity contribution in [1.29, 1.82) is 0 Å². The molecule has 0 radical (unpaired) electrons. The van der Waals surface area contributed by atoms with Gasteiger partial charge in [-0.05, 0) is 23.6 Å². The van der Waals surface area contributed by atoms with Crippen molar-refractivity contribution in [3.05, 3.63) is 29.3 Å². The Bertz CT molecular complexity index is 544. The van der Waals surface area contributed by atoms with E-state index in [0.717, 1.165) is 5.56 Å². The third kappa shape index (κ3) is 2.79. The molecular formula is C14H16F2N2O2. The number of hydrogen-bond donors (Lipinski definition) is 1. The van der Waals surface area contributed by atoms with Crippen LogP contribution in [0.5, 0.6) is 0 Å². The van der Waals surface area contributed by atoms with Gasteiger partial charge < -0.3 is 0 Å². The van der Waals surface area contributed by atoms with E-state index in [1.807, 2.05) is 13.8 Å². The molecule has 0 unspecified atom stereocenters. The summed E-state index contributed by atoms with van der Waals surface area (Å²) in [5, 5.41) is 2.13. The number of nitrogens with zero attached hydrogens (tertiary/aromatic N) is 1. The van der Waals surface area contributed by atoms with Crippen molar-refractivity contribution in [3.63, 3.8) is 0 Å². The van der Waals surface area contributed by atoms with E-state index in [-0.39, 0.29) is 36.0 Å². The van der Waals surface area contributed by atoms with Crippen molar-refractivity contribution in [2.45, 2.75) is 32.6 Å². The summed E-state index contributed by atoms with van der Waals surface area (Å²) in [6.45, 7) is 3.94. The van der Waals surface area contributed by atoms with Crippen LogP contribution in [-0.2, 0) is 4.79 Å². The SMILES string of the molecule is CC(C)c1ccc(N2CCC(=O)NC2=O)c(C(F)F)c1. The van der Waals surface area contributed by atoms with E-state index in [2.05, 4.69) is 5.32 Å². The highest BCUT2D eigenvalue weighted by atomic mass is 19.3. The largest absolute Gasteiger partial charge is 0.328 e. The Balaban J connectivity index is 2.40. The molecule has 0 bridgehead atoms. The third-order valence-electron chi connectivity index (χ3n) is 3.30. The molecule has 1 heterocycles. The van der Waals surface area contributed by atoms with Gasteiger partial charge in [0.1, 0.15) is 0 Å². The third-order valence-corrected chi connectivity index (χ3v) is 3.30. The van der Waals surface area contributed by atoms with Crippen LogP contribution in [0.4, 0.5) is 19.3 Å². The Hall–Kier alpha value is -1.98. The number of carbonyl (C=O) groups excluding carboxylic acids is 2. The van der Waals surface area contributed by atoms with Gasteiger partial charge in [0, 0.05) is 18.5 Å². The van der Waals surface area contributed by atoms with Gasteiger partial charge in [-0.15, -0.1) is 0 Å². The number of alkyl halides is 2. The number of imide groups is 1. The lowest BCUT2D eigenvalue weighted by Crippen LogP contribution is -2.49. The normalized spacial score (nSPS) is 16.0. The van der Waals surface area contributed by atoms with Crippen molar-refractivity contribution < 1.29 is 18.4 Å². The first-order chi connectivity index (χ1) is 9.40. The number of urea groups is 1. The predicted octanol–water partition coefficient (Wildman–Crippen LogP) is 3.19. The fraction of sp³-hybridized carbons (Fsp3) is 0.429. The predicted molar refractivity (Wildman–Crippen MR) is 71.0 cm³/mol. The molecule has 4 nitrogen and oxygen atoms in total. The Kier molecular flexibility index (Phi) is 4.01. The summed E-state index contributed by atoms with van der Waals surface area (Å²) in [6, 6.07) is 4.02. The average molecular weight is 282 g/mol. The van der Waals surface area contributed by atoms with E-state index in [9.17, 15) is 18.4 Å². The lowest BCUT2D eigenvalue weighted by atomic mass is 9.99. The number of amides is 3. The Morgan fingerprint density at radius 2 is 1.95 bits per heavy atom. The molecule has 3 amide bonds. The number of halogens is 2. The molecule has 1 fully saturated rings. The van der Waals surface area contributed by atoms with Crippen LogP contribution in [0.3, 0.4) is 0 Å². The lowest BCUT2D eigenvalue weighted by molar-refractivity contribution is -0.120. The minimum Gasteiger partial charge on any atom is -0.293 e. The first kappa shape index (κ1) is 14.4. The fourth-order valence-corrected chi connectivity index (χ4v) is 2.15. The summed E-state index contributed by atoms with van der Waals surface area (Å²) in [7, 11) is 0. The molecule has 0 spiro atoms. The summed E-state index contributed by atoms with van der Waals surface area (Å²) >= 11 is 0. The minimum absolute atomic E-state index is 0.111. The maximum absolute atomic E-state index is 13.2. The Morgan fingerprint density at radius 3 is 2.50 bits per heavy atom. The van der Waals surface area contributed by atoms with Crippen molar-refractivity contribution in [1.82, 2.24) is 5.32 Å². The van der Waals surface area contributed by atoms with Gasteiger partial charge in [-0.2, -0.15) is 0 Å². The van der Waals surface area contributed by atoms with Crippen LogP contribution >= 0.6 is 0 Å². The monoisotopic (exact) mass is 282 g/mol. The van der Waals surface area contributed by atoms with E-state index in [0.29, 0.717) is 0 Å². The smallest absolute Gasteiger partial charge is 0.293 e. The zero-order valence-corrected chi connectivity index (χ0v) is 11.3. The van der Waals surface area contributed by atoms with Crippen LogP contribution in [-0.4, -0.2) is 18.5 Å². The van der Waals surface area contributed by atoms with Crippen LogP contribution in [0.1, 0.15) is 43.7 Å². The number of carbonyl (C=O) groups is 2. The van der Waals surface area contributed by atoms with E-state index in [1.165, 1.54) is 17.0 Å². The van der Waals surface area contributed by atoms with Gasteiger partial charge in [0.05, 0.1) is 5.69 Å². The number of anilines is 1.